The van der Waals surface area contributed by atoms with Crippen LogP contribution in [0.2, 0.25) is 0 Å². The Kier molecular flexibility index (Phi) is 3.66. The van der Waals surface area contributed by atoms with Gasteiger partial charge in [-0.1, -0.05) is 0 Å². The van der Waals surface area contributed by atoms with E-state index in [1.54, 1.807) is 0 Å². The molecule has 2 heterocycles. The number of hydrogen-bond acceptors (Lipinski definition) is 3. The molecule has 92 valence electrons. The third-order valence-corrected chi connectivity index (χ3v) is 4.03. The van der Waals surface area contributed by atoms with Gasteiger partial charge in [-0.15, -0.1) is 0 Å². The summed E-state index contributed by atoms with van der Waals surface area (Å²) in [5.41, 5.74) is 6.58. The van der Waals surface area contributed by atoms with Crippen LogP contribution in [-0.2, 0) is 0 Å². The molecule has 0 radical (unpaired) electrons. The normalized spacial score (nSPS) is 20.4. The van der Waals surface area contributed by atoms with Gasteiger partial charge in [0.15, 0.2) is 0 Å². The molecule has 3 N–H and O–H groups in total. The smallest absolute Gasteiger partial charge is 0.128 e. The van der Waals surface area contributed by atoms with E-state index in [0.29, 0.717) is 5.84 Å². The zero-order valence-electron chi connectivity index (χ0n) is 9.91. The Hall–Kier alpha value is -1.10. The van der Waals surface area contributed by atoms with E-state index in [0.717, 1.165) is 41.9 Å². The molecule has 1 saturated heterocycles. The minimum atomic E-state index is 0.175. The summed E-state index contributed by atoms with van der Waals surface area (Å²) in [6, 6.07) is 4.04. The van der Waals surface area contributed by atoms with Gasteiger partial charge in [-0.25, -0.2) is 4.98 Å². The summed E-state index contributed by atoms with van der Waals surface area (Å²) >= 11 is 3.45. The fourth-order valence-corrected chi connectivity index (χ4v) is 2.37. The summed E-state index contributed by atoms with van der Waals surface area (Å²) in [6.45, 7) is 3.79. The Labute approximate surface area is 110 Å². The monoisotopic (exact) mass is 296 g/mol. The van der Waals surface area contributed by atoms with Crippen LogP contribution in [0.3, 0.4) is 0 Å². The van der Waals surface area contributed by atoms with E-state index in [-0.39, 0.29) is 5.92 Å². The first-order valence-electron chi connectivity index (χ1n) is 5.80. The van der Waals surface area contributed by atoms with Crippen molar-refractivity contribution in [3.63, 3.8) is 0 Å². The molecule has 1 unspecified atom stereocenters. The van der Waals surface area contributed by atoms with Gasteiger partial charge in [-0.2, -0.15) is 0 Å². The number of aromatic nitrogens is 1. The van der Waals surface area contributed by atoms with E-state index >= 15 is 0 Å². The summed E-state index contributed by atoms with van der Waals surface area (Å²) in [5.74, 6) is 1.45. The molecule has 1 aromatic heterocycles. The van der Waals surface area contributed by atoms with Crippen LogP contribution in [0.25, 0.3) is 0 Å². The van der Waals surface area contributed by atoms with Crippen LogP contribution in [0, 0.1) is 18.3 Å². The SMILES string of the molecule is Cc1nc(N2CCCC(C(=N)N)C2)ccc1Br. The number of piperidine rings is 1. The van der Waals surface area contributed by atoms with Gasteiger partial charge in [0.2, 0.25) is 0 Å². The Morgan fingerprint density at radius 3 is 3.00 bits per heavy atom. The van der Waals surface area contributed by atoms with Crippen molar-refractivity contribution in [2.45, 2.75) is 19.8 Å². The number of halogens is 1. The summed E-state index contributed by atoms with van der Waals surface area (Å²) in [7, 11) is 0. The second-order valence-electron chi connectivity index (χ2n) is 4.48. The maximum Gasteiger partial charge on any atom is 0.128 e. The Balaban J connectivity index is 2.16. The van der Waals surface area contributed by atoms with E-state index in [2.05, 4.69) is 25.8 Å². The highest BCUT2D eigenvalue weighted by Gasteiger charge is 2.22. The Morgan fingerprint density at radius 2 is 2.35 bits per heavy atom. The molecule has 1 aromatic rings. The van der Waals surface area contributed by atoms with Crippen molar-refractivity contribution in [2.75, 3.05) is 18.0 Å². The van der Waals surface area contributed by atoms with Crippen LogP contribution < -0.4 is 10.6 Å². The predicted molar refractivity (Wildman–Crippen MR) is 73.5 cm³/mol. The summed E-state index contributed by atoms with van der Waals surface area (Å²) in [5, 5.41) is 7.54. The van der Waals surface area contributed by atoms with Crippen LogP contribution >= 0.6 is 15.9 Å². The standard InChI is InChI=1S/C12H17BrN4/c1-8-10(13)4-5-11(16-8)17-6-2-3-9(7-17)12(14)15/h4-5,9H,2-3,6-7H2,1H3,(H3,14,15). The molecule has 17 heavy (non-hydrogen) atoms. The fourth-order valence-electron chi connectivity index (χ4n) is 2.15. The maximum absolute atomic E-state index is 7.54. The lowest BCUT2D eigenvalue weighted by molar-refractivity contribution is 0.500. The highest BCUT2D eigenvalue weighted by molar-refractivity contribution is 9.10. The van der Waals surface area contributed by atoms with Gasteiger partial charge in [-0.3, -0.25) is 5.41 Å². The average molecular weight is 297 g/mol. The van der Waals surface area contributed by atoms with Crippen molar-refractivity contribution in [1.82, 2.24) is 4.98 Å². The van der Waals surface area contributed by atoms with E-state index in [4.69, 9.17) is 11.1 Å². The number of anilines is 1. The first-order valence-corrected chi connectivity index (χ1v) is 6.59. The first kappa shape index (κ1) is 12.4. The highest BCUT2D eigenvalue weighted by Crippen LogP contribution is 2.24. The molecular formula is C12H17BrN4. The molecule has 2 rings (SSSR count). The van der Waals surface area contributed by atoms with Crippen LogP contribution in [0.5, 0.6) is 0 Å². The van der Waals surface area contributed by atoms with Gasteiger partial charge in [-0.05, 0) is 47.8 Å². The number of pyridine rings is 1. The molecule has 0 spiro atoms. The van der Waals surface area contributed by atoms with Crippen molar-refractivity contribution in [3.05, 3.63) is 22.3 Å². The van der Waals surface area contributed by atoms with E-state index in [1.807, 2.05) is 19.1 Å². The molecule has 0 saturated carbocycles. The first-order chi connectivity index (χ1) is 8.08. The lowest BCUT2D eigenvalue weighted by atomic mass is 9.97. The Morgan fingerprint density at radius 1 is 1.59 bits per heavy atom. The molecule has 1 atom stereocenters. The molecule has 0 bridgehead atoms. The topological polar surface area (TPSA) is 66.0 Å². The average Bonchev–Trinajstić information content (AvgIpc) is 2.33. The van der Waals surface area contributed by atoms with Crippen molar-refractivity contribution in [2.24, 2.45) is 11.7 Å². The molecule has 1 aliphatic heterocycles. The molecule has 1 aliphatic rings. The molecule has 0 amide bonds. The van der Waals surface area contributed by atoms with E-state index in [1.165, 1.54) is 0 Å². The number of rotatable bonds is 2. The van der Waals surface area contributed by atoms with Crippen LogP contribution in [-0.4, -0.2) is 23.9 Å². The summed E-state index contributed by atoms with van der Waals surface area (Å²) in [4.78, 5) is 6.78. The quantitative estimate of drug-likeness (QED) is 0.650. The summed E-state index contributed by atoms with van der Waals surface area (Å²) in [6.07, 6.45) is 2.09. The van der Waals surface area contributed by atoms with Crippen molar-refractivity contribution in [1.29, 1.82) is 5.41 Å². The van der Waals surface area contributed by atoms with E-state index in [9.17, 15) is 0 Å². The number of nitrogens with one attached hydrogen (secondary N) is 1. The minimum absolute atomic E-state index is 0.175. The van der Waals surface area contributed by atoms with Crippen LogP contribution in [0.15, 0.2) is 16.6 Å². The van der Waals surface area contributed by atoms with Crippen LogP contribution in [0.4, 0.5) is 5.82 Å². The third-order valence-electron chi connectivity index (χ3n) is 3.19. The fraction of sp³-hybridized carbons (Fsp3) is 0.500. The van der Waals surface area contributed by atoms with Gasteiger partial charge in [0.25, 0.3) is 0 Å². The van der Waals surface area contributed by atoms with Gasteiger partial charge < -0.3 is 10.6 Å². The molecule has 4 nitrogen and oxygen atoms in total. The number of nitrogens with zero attached hydrogens (tertiary/aromatic N) is 2. The largest absolute Gasteiger partial charge is 0.387 e. The van der Waals surface area contributed by atoms with E-state index < -0.39 is 0 Å². The number of hydrogen-bond donors (Lipinski definition) is 2. The van der Waals surface area contributed by atoms with Crippen molar-refractivity contribution < 1.29 is 0 Å². The lowest BCUT2D eigenvalue weighted by Crippen LogP contribution is -2.41. The zero-order chi connectivity index (χ0) is 12.4. The zero-order valence-corrected chi connectivity index (χ0v) is 11.5. The molecule has 0 aromatic carbocycles. The number of amidine groups is 1. The molecule has 0 aliphatic carbocycles. The highest BCUT2D eigenvalue weighted by atomic mass is 79.9. The van der Waals surface area contributed by atoms with Crippen molar-refractivity contribution in [3.8, 4) is 0 Å². The molecular weight excluding hydrogens is 280 g/mol. The molecule has 1 fully saturated rings. The predicted octanol–water partition coefficient (Wildman–Crippen LogP) is 2.30. The maximum atomic E-state index is 7.54. The second kappa shape index (κ2) is 5.04. The van der Waals surface area contributed by atoms with Gasteiger partial charge in [0.05, 0.1) is 11.5 Å². The van der Waals surface area contributed by atoms with Gasteiger partial charge in [0.1, 0.15) is 5.82 Å². The summed E-state index contributed by atoms with van der Waals surface area (Å²) < 4.78 is 1.03. The number of aryl methyl sites for hydroxylation is 1. The molecule has 5 heteroatoms. The van der Waals surface area contributed by atoms with Crippen molar-refractivity contribution >= 4 is 27.6 Å². The van der Waals surface area contributed by atoms with Gasteiger partial charge in [0, 0.05) is 23.5 Å². The van der Waals surface area contributed by atoms with Gasteiger partial charge >= 0.3 is 0 Å². The number of nitrogens with two attached hydrogens (primary N) is 1. The van der Waals surface area contributed by atoms with Crippen LogP contribution in [0.1, 0.15) is 18.5 Å². The second-order valence-corrected chi connectivity index (χ2v) is 5.33. The third kappa shape index (κ3) is 2.77. The minimum Gasteiger partial charge on any atom is -0.387 e. The Bertz CT molecular complexity index is 433. The lowest BCUT2D eigenvalue weighted by Gasteiger charge is -2.33.